The number of rotatable bonds is 5. The van der Waals surface area contributed by atoms with E-state index in [2.05, 4.69) is 32.1 Å². The summed E-state index contributed by atoms with van der Waals surface area (Å²) in [5.41, 5.74) is 4.79. The van der Waals surface area contributed by atoms with Crippen LogP contribution in [0.2, 0.25) is 0 Å². The Bertz CT molecular complexity index is 1430. The van der Waals surface area contributed by atoms with Crippen molar-refractivity contribution in [2.75, 3.05) is 10.0 Å². The van der Waals surface area contributed by atoms with Crippen LogP contribution in [-0.4, -0.2) is 28.9 Å². The number of aromatic nitrogens is 3. The van der Waals surface area contributed by atoms with Gasteiger partial charge in [-0.3, -0.25) is 4.79 Å². The zero-order valence-electron chi connectivity index (χ0n) is 17.4. The molecule has 2 N–H and O–H groups in total. The Morgan fingerprint density at radius 3 is 2.53 bits per heavy atom. The number of fused-ring (bicyclic) bond motifs is 3. The predicted octanol–water partition coefficient (Wildman–Crippen LogP) is 3.51. The van der Waals surface area contributed by atoms with Gasteiger partial charge in [0.15, 0.2) is 0 Å². The van der Waals surface area contributed by atoms with E-state index < -0.39 is 10.0 Å². The number of carbonyl (C=O) groups is 1. The average molecular weight is 448 g/mol. The lowest BCUT2D eigenvalue weighted by Crippen LogP contribution is -2.16. The number of anilines is 2. The summed E-state index contributed by atoms with van der Waals surface area (Å²) in [6.07, 6.45) is 6.17. The van der Waals surface area contributed by atoms with E-state index in [0.717, 1.165) is 30.2 Å². The molecule has 8 nitrogen and oxygen atoms in total. The van der Waals surface area contributed by atoms with Crippen LogP contribution < -0.4 is 10.0 Å². The fraction of sp³-hybridized carbons (Fsp3) is 0.174. The zero-order chi connectivity index (χ0) is 22.3. The fourth-order valence-electron chi connectivity index (χ4n) is 4.16. The van der Waals surface area contributed by atoms with Gasteiger partial charge in [0, 0.05) is 36.0 Å². The first-order valence-electron chi connectivity index (χ1n) is 10.2. The van der Waals surface area contributed by atoms with Crippen molar-refractivity contribution < 1.29 is 13.2 Å². The van der Waals surface area contributed by atoms with Gasteiger partial charge in [-0.15, -0.1) is 0 Å². The number of amides is 1. The van der Waals surface area contributed by atoms with Crippen LogP contribution in [0, 0.1) is 0 Å². The Balaban J connectivity index is 1.36. The minimum Gasteiger partial charge on any atom is -0.340 e. The molecule has 0 spiro atoms. The van der Waals surface area contributed by atoms with Gasteiger partial charge in [-0.05, 0) is 72.9 Å². The lowest BCUT2D eigenvalue weighted by Gasteiger charge is -2.09. The standard InChI is InChI=1S/C23H21N5O3S/c1-28-20-11-6-15-4-2-5-18(15)19(20)14-21(28)22(29)26-16-7-9-17(10-8-16)32(30,31)27-23-24-12-3-13-25-23/h3,6-14H,2,4-5H2,1H3,(H,26,29)(H,24,25,27). The van der Waals surface area contributed by atoms with Gasteiger partial charge in [0.05, 0.1) is 4.90 Å². The second kappa shape index (κ2) is 7.76. The van der Waals surface area contributed by atoms with E-state index in [1.165, 1.54) is 35.7 Å². The predicted molar refractivity (Wildman–Crippen MR) is 122 cm³/mol. The molecule has 0 saturated heterocycles. The molecule has 4 aromatic rings. The molecule has 0 atom stereocenters. The number of sulfonamides is 1. The van der Waals surface area contributed by atoms with Gasteiger partial charge in [-0.2, -0.15) is 0 Å². The van der Waals surface area contributed by atoms with Gasteiger partial charge in [0.1, 0.15) is 5.69 Å². The molecule has 0 unspecified atom stereocenters. The Morgan fingerprint density at radius 2 is 1.78 bits per heavy atom. The Kier molecular flexibility index (Phi) is 4.90. The highest BCUT2D eigenvalue weighted by Crippen LogP contribution is 2.32. The number of hydrogen-bond donors (Lipinski definition) is 2. The molecular weight excluding hydrogens is 426 g/mol. The molecule has 2 heterocycles. The minimum absolute atomic E-state index is 0.00728. The molecule has 0 radical (unpaired) electrons. The zero-order valence-corrected chi connectivity index (χ0v) is 18.2. The van der Waals surface area contributed by atoms with Crippen molar-refractivity contribution in [3.05, 3.63) is 77.7 Å². The van der Waals surface area contributed by atoms with Crippen molar-refractivity contribution in [1.82, 2.24) is 14.5 Å². The third-order valence-electron chi connectivity index (χ3n) is 5.75. The van der Waals surface area contributed by atoms with Crippen LogP contribution in [0.3, 0.4) is 0 Å². The summed E-state index contributed by atoms with van der Waals surface area (Å²) in [5, 5.41) is 3.98. The first-order chi connectivity index (χ1) is 15.4. The quantitative estimate of drug-likeness (QED) is 0.487. The van der Waals surface area contributed by atoms with E-state index in [-0.39, 0.29) is 16.8 Å². The van der Waals surface area contributed by atoms with E-state index >= 15 is 0 Å². The fourth-order valence-corrected chi connectivity index (χ4v) is 5.12. The molecule has 2 aromatic carbocycles. The smallest absolute Gasteiger partial charge is 0.272 e. The largest absolute Gasteiger partial charge is 0.340 e. The van der Waals surface area contributed by atoms with Crippen molar-refractivity contribution in [3.8, 4) is 0 Å². The van der Waals surface area contributed by atoms with Crippen molar-refractivity contribution in [2.24, 2.45) is 7.05 Å². The van der Waals surface area contributed by atoms with Crippen LogP contribution in [0.5, 0.6) is 0 Å². The molecule has 1 amide bonds. The van der Waals surface area contributed by atoms with Gasteiger partial charge in [-0.25, -0.2) is 23.1 Å². The number of carbonyl (C=O) groups excluding carboxylic acids is 1. The van der Waals surface area contributed by atoms with Gasteiger partial charge < -0.3 is 9.88 Å². The summed E-state index contributed by atoms with van der Waals surface area (Å²) in [4.78, 5) is 20.7. The molecule has 0 aliphatic heterocycles. The van der Waals surface area contributed by atoms with Gasteiger partial charge >= 0.3 is 0 Å². The number of hydrogen-bond acceptors (Lipinski definition) is 5. The lowest BCUT2D eigenvalue weighted by molar-refractivity contribution is 0.101. The lowest BCUT2D eigenvalue weighted by atomic mass is 10.1. The molecule has 0 fully saturated rings. The van der Waals surface area contributed by atoms with Crippen LogP contribution in [0.25, 0.3) is 10.9 Å². The van der Waals surface area contributed by atoms with Crippen molar-refractivity contribution in [1.29, 1.82) is 0 Å². The average Bonchev–Trinajstić information content (AvgIpc) is 3.39. The van der Waals surface area contributed by atoms with Gasteiger partial charge in [-0.1, -0.05) is 6.07 Å². The first kappa shape index (κ1) is 20.2. The van der Waals surface area contributed by atoms with E-state index in [1.54, 1.807) is 18.2 Å². The Hall–Kier alpha value is -3.72. The maximum atomic E-state index is 12.9. The summed E-state index contributed by atoms with van der Waals surface area (Å²) >= 11 is 0. The molecule has 5 rings (SSSR count). The highest BCUT2D eigenvalue weighted by Gasteiger charge is 2.20. The third kappa shape index (κ3) is 3.60. The first-order valence-corrected chi connectivity index (χ1v) is 11.7. The maximum Gasteiger partial charge on any atom is 0.272 e. The summed E-state index contributed by atoms with van der Waals surface area (Å²) in [5.74, 6) is -0.256. The molecule has 2 aromatic heterocycles. The highest BCUT2D eigenvalue weighted by atomic mass is 32.2. The molecule has 1 aliphatic carbocycles. The van der Waals surface area contributed by atoms with E-state index in [1.807, 2.05) is 17.7 Å². The topological polar surface area (TPSA) is 106 Å². The van der Waals surface area contributed by atoms with Crippen LogP contribution in [-0.2, 0) is 29.9 Å². The minimum atomic E-state index is -3.83. The highest BCUT2D eigenvalue weighted by molar-refractivity contribution is 7.92. The number of nitrogens with one attached hydrogen (secondary N) is 2. The number of aryl methyl sites for hydroxylation is 3. The van der Waals surface area contributed by atoms with Gasteiger partial charge in [0.2, 0.25) is 5.95 Å². The van der Waals surface area contributed by atoms with E-state index in [4.69, 9.17) is 0 Å². The molecular formula is C23H21N5O3S. The Morgan fingerprint density at radius 1 is 1.03 bits per heavy atom. The molecule has 162 valence electrons. The molecule has 32 heavy (non-hydrogen) atoms. The third-order valence-corrected chi connectivity index (χ3v) is 7.10. The maximum absolute atomic E-state index is 12.9. The summed E-state index contributed by atoms with van der Waals surface area (Å²) in [6.45, 7) is 0. The Labute approximate surface area is 185 Å². The molecule has 0 bridgehead atoms. The molecule has 0 saturated carbocycles. The summed E-state index contributed by atoms with van der Waals surface area (Å²) in [6, 6.07) is 13.7. The second-order valence-corrected chi connectivity index (χ2v) is 9.42. The second-order valence-electron chi connectivity index (χ2n) is 7.73. The van der Waals surface area contributed by atoms with E-state index in [0.29, 0.717) is 11.4 Å². The molecule has 9 heteroatoms. The van der Waals surface area contributed by atoms with Crippen LogP contribution in [0.1, 0.15) is 28.0 Å². The normalized spacial score (nSPS) is 13.2. The van der Waals surface area contributed by atoms with Crippen LogP contribution in [0.4, 0.5) is 11.6 Å². The van der Waals surface area contributed by atoms with Crippen molar-refractivity contribution >= 4 is 38.5 Å². The van der Waals surface area contributed by atoms with Crippen molar-refractivity contribution in [3.63, 3.8) is 0 Å². The summed E-state index contributed by atoms with van der Waals surface area (Å²) < 4.78 is 29.2. The SMILES string of the molecule is Cn1c(C(=O)Nc2ccc(S(=O)(=O)Nc3ncccn3)cc2)cc2c3c(ccc21)CCC3. The van der Waals surface area contributed by atoms with Crippen LogP contribution >= 0.6 is 0 Å². The van der Waals surface area contributed by atoms with Crippen LogP contribution in [0.15, 0.2) is 65.8 Å². The van der Waals surface area contributed by atoms with E-state index in [9.17, 15) is 13.2 Å². The monoisotopic (exact) mass is 447 g/mol. The number of benzene rings is 2. The van der Waals surface area contributed by atoms with Crippen molar-refractivity contribution in [2.45, 2.75) is 24.2 Å². The summed E-state index contributed by atoms with van der Waals surface area (Å²) in [7, 11) is -1.95. The number of nitrogens with zero attached hydrogens (tertiary/aromatic N) is 3. The van der Waals surface area contributed by atoms with Gasteiger partial charge in [0.25, 0.3) is 15.9 Å². The molecule has 1 aliphatic rings.